The van der Waals surface area contributed by atoms with Crippen molar-refractivity contribution in [3.8, 4) is 5.75 Å². The topological polar surface area (TPSA) is 68.4 Å². The maximum atomic E-state index is 11.8. The van der Waals surface area contributed by atoms with Crippen LogP contribution in [0, 0.1) is 5.92 Å². The Balaban J connectivity index is 2.16. The van der Waals surface area contributed by atoms with Gasteiger partial charge >= 0.3 is 0 Å². The number of hydrogen-bond acceptors (Lipinski definition) is 4. The van der Waals surface area contributed by atoms with Crippen molar-refractivity contribution >= 4 is 11.7 Å². The Labute approximate surface area is 101 Å². The molecule has 2 rings (SSSR count). The normalized spacial score (nSPS) is 19.8. The van der Waals surface area contributed by atoms with Gasteiger partial charge in [-0.3, -0.25) is 9.69 Å². The smallest absolute Gasteiger partial charge is 0.228 e. The Morgan fingerprint density at radius 1 is 1.65 bits per heavy atom. The van der Waals surface area contributed by atoms with Crippen molar-refractivity contribution in [2.75, 3.05) is 24.6 Å². The summed E-state index contributed by atoms with van der Waals surface area (Å²) >= 11 is 0. The molecule has 1 atom stereocenters. The summed E-state index contributed by atoms with van der Waals surface area (Å²) in [7, 11) is 0. The van der Waals surface area contributed by atoms with Crippen LogP contribution in [0.5, 0.6) is 5.75 Å². The maximum absolute atomic E-state index is 11.8. The zero-order chi connectivity index (χ0) is 12.3. The van der Waals surface area contributed by atoms with Crippen LogP contribution in [0.4, 0.5) is 5.82 Å². The van der Waals surface area contributed by atoms with E-state index in [2.05, 4.69) is 4.98 Å². The molecule has 1 aromatic rings. The molecule has 5 heteroatoms. The fourth-order valence-electron chi connectivity index (χ4n) is 1.96. The number of carbonyl (C=O) groups excluding carboxylic acids is 1. The first-order valence-corrected chi connectivity index (χ1v) is 5.84. The minimum Gasteiger partial charge on any atom is -0.494 e. The highest BCUT2D eigenvalue weighted by Gasteiger charge is 2.30. The van der Waals surface area contributed by atoms with Crippen molar-refractivity contribution in [3.05, 3.63) is 18.3 Å². The predicted molar refractivity (Wildman–Crippen MR) is 64.9 cm³/mol. The van der Waals surface area contributed by atoms with E-state index < -0.39 is 0 Å². The number of carbonyl (C=O) groups is 1. The zero-order valence-electron chi connectivity index (χ0n) is 9.93. The van der Waals surface area contributed by atoms with Crippen LogP contribution in [0.2, 0.25) is 0 Å². The van der Waals surface area contributed by atoms with Gasteiger partial charge < -0.3 is 10.5 Å². The number of pyridine rings is 1. The monoisotopic (exact) mass is 235 g/mol. The van der Waals surface area contributed by atoms with Crippen molar-refractivity contribution in [1.82, 2.24) is 4.98 Å². The number of nitrogens with two attached hydrogens (primary N) is 1. The molecule has 1 aliphatic rings. The fraction of sp³-hybridized carbons (Fsp3) is 0.500. The zero-order valence-corrected chi connectivity index (χ0v) is 9.93. The molecule has 1 saturated heterocycles. The first kappa shape index (κ1) is 11.9. The van der Waals surface area contributed by atoms with Crippen LogP contribution >= 0.6 is 0 Å². The second-order valence-corrected chi connectivity index (χ2v) is 4.09. The lowest BCUT2D eigenvalue weighted by atomic mass is 10.1. The van der Waals surface area contributed by atoms with Crippen molar-refractivity contribution in [2.45, 2.75) is 13.3 Å². The van der Waals surface area contributed by atoms with Crippen LogP contribution in [-0.4, -0.2) is 30.6 Å². The third-order valence-electron chi connectivity index (χ3n) is 2.84. The molecule has 1 aromatic heterocycles. The molecule has 0 spiro atoms. The van der Waals surface area contributed by atoms with Gasteiger partial charge in [-0.05, 0) is 25.5 Å². The van der Waals surface area contributed by atoms with Crippen LogP contribution < -0.4 is 15.4 Å². The van der Waals surface area contributed by atoms with E-state index in [-0.39, 0.29) is 11.8 Å². The molecule has 2 heterocycles. The minimum absolute atomic E-state index is 0.0848. The second kappa shape index (κ2) is 5.14. The molecular formula is C12H17N3O2. The molecule has 2 N–H and O–H groups in total. The highest BCUT2D eigenvalue weighted by atomic mass is 16.5. The summed E-state index contributed by atoms with van der Waals surface area (Å²) in [5.41, 5.74) is 5.59. The van der Waals surface area contributed by atoms with E-state index in [4.69, 9.17) is 10.5 Å². The molecule has 1 fully saturated rings. The summed E-state index contributed by atoms with van der Waals surface area (Å²) in [5.74, 6) is 1.71. The van der Waals surface area contributed by atoms with Gasteiger partial charge in [-0.25, -0.2) is 4.98 Å². The molecule has 92 valence electrons. The molecule has 0 saturated carbocycles. The van der Waals surface area contributed by atoms with Crippen LogP contribution in [0.25, 0.3) is 0 Å². The lowest BCUT2D eigenvalue weighted by Crippen LogP contribution is -2.26. The molecule has 0 aliphatic carbocycles. The van der Waals surface area contributed by atoms with Crippen LogP contribution in [0.1, 0.15) is 13.3 Å². The number of aromatic nitrogens is 1. The van der Waals surface area contributed by atoms with E-state index in [1.165, 1.54) is 0 Å². The van der Waals surface area contributed by atoms with Gasteiger partial charge in [0.25, 0.3) is 0 Å². The van der Waals surface area contributed by atoms with E-state index in [0.717, 1.165) is 5.75 Å². The van der Waals surface area contributed by atoms with E-state index in [9.17, 15) is 4.79 Å². The summed E-state index contributed by atoms with van der Waals surface area (Å²) in [5, 5.41) is 0. The Hall–Kier alpha value is -1.62. The first-order chi connectivity index (χ1) is 8.24. The fourth-order valence-corrected chi connectivity index (χ4v) is 1.96. The standard InChI is InChI=1S/C12H17N3O2/c1-2-17-10-3-4-14-11(6-10)15-8-9(7-13)5-12(15)16/h3-4,6,9H,2,5,7-8,13H2,1H3. The molecule has 1 aliphatic heterocycles. The second-order valence-electron chi connectivity index (χ2n) is 4.09. The van der Waals surface area contributed by atoms with Crippen molar-refractivity contribution < 1.29 is 9.53 Å². The van der Waals surface area contributed by atoms with Gasteiger partial charge in [0.1, 0.15) is 11.6 Å². The van der Waals surface area contributed by atoms with Gasteiger partial charge in [-0.1, -0.05) is 0 Å². The van der Waals surface area contributed by atoms with E-state index in [1.54, 1.807) is 23.2 Å². The molecule has 0 aromatic carbocycles. The highest BCUT2D eigenvalue weighted by Crippen LogP contribution is 2.25. The number of ether oxygens (including phenoxy) is 1. The van der Waals surface area contributed by atoms with Crippen LogP contribution in [0.3, 0.4) is 0 Å². The SMILES string of the molecule is CCOc1ccnc(N2CC(CN)CC2=O)c1. The third-order valence-corrected chi connectivity index (χ3v) is 2.84. The summed E-state index contributed by atoms with van der Waals surface area (Å²) in [6, 6.07) is 3.58. The summed E-state index contributed by atoms with van der Waals surface area (Å²) in [4.78, 5) is 17.7. The Morgan fingerprint density at radius 3 is 3.12 bits per heavy atom. The lowest BCUT2D eigenvalue weighted by molar-refractivity contribution is -0.117. The maximum Gasteiger partial charge on any atom is 0.228 e. The molecule has 1 unspecified atom stereocenters. The average molecular weight is 235 g/mol. The number of nitrogens with zero attached hydrogens (tertiary/aromatic N) is 2. The van der Waals surface area contributed by atoms with Crippen LogP contribution in [-0.2, 0) is 4.79 Å². The minimum atomic E-state index is 0.0848. The Bertz CT molecular complexity index is 408. The largest absolute Gasteiger partial charge is 0.494 e. The van der Waals surface area contributed by atoms with E-state index in [0.29, 0.717) is 31.9 Å². The lowest BCUT2D eigenvalue weighted by Gasteiger charge is -2.16. The predicted octanol–water partition coefficient (Wildman–Crippen LogP) is 0.792. The van der Waals surface area contributed by atoms with E-state index in [1.807, 2.05) is 6.92 Å². The Kier molecular flexibility index (Phi) is 3.58. The summed E-state index contributed by atoms with van der Waals surface area (Å²) < 4.78 is 5.39. The highest BCUT2D eigenvalue weighted by molar-refractivity contribution is 5.94. The van der Waals surface area contributed by atoms with Crippen molar-refractivity contribution in [3.63, 3.8) is 0 Å². The number of hydrogen-bond donors (Lipinski definition) is 1. The quantitative estimate of drug-likeness (QED) is 0.837. The molecule has 5 nitrogen and oxygen atoms in total. The van der Waals surface area contributed by atoms with Gasteiger partial charge in [-0.15, -0.1) is 0 Å². The van der Waals surface area contributed by atoms with E-state index >= 15 is 0 Å². The number of amides is 1. The van der Waals surface area contributed by atoms with Crippen LogP contribution in [0.15, 0.2) is 18.3 Å². The van der Waals surface area contributed by atoms with Gasteiger partial charge in [0.2, 0.25) is 5.91 Å². The third kappa shape index (κ3) is 2.55. The van der Waals surface area contributed by atoms with Gasteiger partial charge in [0, 0.05) is 25.2 Å². The van der Waals surface area contributed by atoms with Gasteiger partial charge in [0.05, 0.1) is 6.61 Å². The summed E-state index contributed by atoms with van der Waals surface area (Å²) in [6.07, 6.45) is 2.17. The molecule has 17 heavy (non-hydrogen) atoms. The van der Waals surface area contributed by atoms with Gasteiger partial charge in [-0.2, -0.15) is 0 Å². The Morgan fingerprint density at radius 2 is 2.47 bits per heavy atom. The molecule has 0 bridgehead atoms. The van der Waals surface area contributed by atoms with Gasteiger partial charge in [0.15, 0.2) is 0 Å². The molecular weight excluding hydrogens is 218 g/mol. The molecule has 1 amide bonds. The number of anilines is 1. The average Bonchev–Trinajstić information content (AvgIpc) is 2.71. The number of rotatable bonds is 4. The van der Waals surface area contributed by atoms with Crippen molar-refractivity contribution in [2.24, 2.45) is 11.7 Å². The summed E-state index contributed by atoms with van der Waals surface area (Å²) in [6.45, 7) is 3.71. The first-order valence-electron chi connectivity index (χ1n) is 5.84. The molecule has 0 radical (unpaired) electrons. The van der Waals surface area contributed by atoms with Crippen molar-refractivity contribution in [1.29, 1.82) is 0 Å².